The molecule has 5 aromatic carbocycles. The molecule has 9 rings (SSSR count). The van der Waals surface area contributed by atoms with Gasteiger partial charge < -0.3 is 8.60 Å². The van der Waals surface area contributed by atoms with Crippen LogP contribution in [0.5, 0.6) is 5.75 Å². The van der Waals surface area contributed by atoms with E-state index in [-0.39, 0.29) is 5.41 Å². The van der Waals surface area contributed by atoms with Gasteiger partial charge in [0.2, 0.25) is 5.71 Å². The monoisotopic (exact) mass is 901 g/mol. The van der Waals surface area contributed by atoms with E-state index >= 15 is 0 Å². The molecule has 7 nitrogen and oxygen atoms in total. The van der Waals surface area contributed by atoms with Crippen LogP contribution in [0.1, 0.15) is 54.3 Å². The van der Waals surface area contributed by atoms with Crippen LogP contribution in [-0.2, 0) is 15.5 Å². The first kappa shape index (κ1) is 44.1. The fourth-order valence-electron chi connectivity index (χ4n) is 8.69. The maximum Gasteiger partial charge on any atom is 0.534 e. The van der Waals surface area contributed by atoms with Gasteiger partial charge in [0.1, 0.15) is 11.3 Å². The summed E-state index contributed by atoms with van der Waals surface area (Å²) < 4.78 is 78.4. The van der Waals surface area contributed by atoms with Crippen LogP contribution in [0.4, 0.5) is 13.2 Å². The molecule has 4 aromatic heterocycles. The van der Waals surface area contributed by atoms with Gasteiger partial charge in [0, 0.05) is 45.6 Å². The standard InChI is InChI=1S/C55H46F3N3O4S/c1-31-16-22-46-45-14-11-15-47(52(45)64-53(46)61-31)48-23-21-38(30-60-48)43-12-9-10-13-44(43)39-26-40(28-42(27-39)65-66(62,63)55(56,57)58)51-35(5)33(3)32(2)34(4)50(51)37-19-17-36(18-20-37)49-29-41(24-25-59-49)54(6,7)8/h9-30H,1-8H3. The predicted octanol–water partition coefficient (Wildman–Crippen LogP) is 14.8. The van der Waals surface area contributed by atoms with Crippen LogP contribution in [0.3, 0.4) is 0 Å². The van der Waals surface area contributed by atoms with Crippen LogP contribution < -0.4 is 4.18 Å². The Bertz CT molecular complexity index is 3480. The summed E-state index contributed by atoms with van der Waals surface area (Å²) in [6, 6.07) is 37.8. The van der Waals surface area contributed by atoms with Gasteiger partial charge in [0.25, 0.3) is 0 Å². The summed E-state index contributed by atoms with van der Waals surface area (Å²) in [5.41, 5.74) is 10.1. The van der Waals surface area contributed by atoms with Gasteiger partial charge in [0.05, 0.1) is 11.4 Å². The molecule has 0 amide bonds. The topological polar surface area (TPSA) is 95.2 Å². The van der Waals surface area contributed by atoms with Crippen LogP contribution in [0.25, 0.3) is 89.1 Å². The fourth-order valence-corrected chi connectivity index (χ4v) is 9.13. The summed E-state index contributed by atoms with van der Waals surface area (Å²) >= 11 is 0. The number of alkyl halides is 3. The Morgan fingerprint density at radius 1 is 0.561 bits per heavy atom. The summed E-state index contributed by atoms with van der Waals surface area (Å²) in [4.78, 5) is 14.1. The number of hydrogen-bond donors (Lipinski definition) is 0. The Morgan fingerprint density at radius 3 is 1.83 bits per heavy atom. The van der Waals surface area contributed by atoms with Crippen molar-refractivity contribution in [2.45, 2.75) is 66.3 Å². The van der Waals surface area contributed by atoms with Crippen molar-refractivity contribution in [1.82, 2.24) is 15.0 Å². The number of aromatic nitrogens is 3. The summed E-state index contributed by atoms with van der Waals surface area (Å²) in [7, 11) is -6.04. The van der Waals surface area contributed by atoms with Crippen molar-refractivity contribution in [2.24, 2.45) is 0 Å². The lowest BCUT2D eigenvalue weighted by Crippen LogP contribution is -2.28. The van der Waals surface area contributed by atoms with E-state index in [2.05, 4.69) is 36.8 Å². The average Bonchev–Trinajstić information content (AvgIpc) is 3.66. The van der Waals surface area contributed by atoms with E-state index in [1.165, 1.54) is 12.1 Å². The van der Waals surface area contributed by atoms with E-state index in [1.807, 2.05) is 144 Å². The molecule has 332 valence electrons. The molecular formula is C55H46F3N3O4S. The number of furan rings is 1. The maximum absolute atomic E-state index is 14.0. The van der Waals surface area contributed by atoms with E-state index in [0.717, 1.165) is 83.4 Å². The van der Waals surface area contributed by atoms with Gasteiger partial charge in [-0.3, -0.25) is 9.97 Å². The molecule has 0 N–H and O–H groups in total. The summed E-state index contributed by atoms with van der Waals surface area (Å²) in [6.07, 6.45) is 3.55. The number of hydrogen-bond acceptors (Lipinski definition) is 7. The lowest BCUT2D eigenvalue weighted by atomic mass is 9.81. The smallest absolute Gasteiger partial charge is 0.437 e. The molecule has 0 atom stereocenters. The minimum atomic E-state index is -6.04. The van der Waals surface area contributed by atoms with Crippen molar-refractivity contribution in [3.05, 3.63) is 167 Å². The second-order valence-corrected chi connectivity index (χ2v) is 19.3. The van der Waals surface area contributed by atoms with Crippen molar-refractivity contribution in [3.8, 4) is 72.8 Å². The second kappa shape index (κ2) is 16.4. The van der Waals surface area contributed by atoms with E-state index in [9.17, 15) is 21.6 Å². The first-order valence-corrected chi connectivity index (χ1v) is 22.9. The summed E-state index contributed by atoms with van der Waals surface area (Å²) in [5.74, 6) is -0.479. The minimum absolute atomic E-state index is 0.0661. The van der Waals surface area contributed by atoms with Gasteiger partial charge in [-0.1, -0.05) is 87.5 Å². The number of halogens is 3. The van der Waals surface area contributed by atoms with Crippen LogP contribution in [0.15, 0.2) is 138 Å². The van der Waals surface area contributed by atoms with Crippen LogP contribution >= 0.6 is 0 Å². The molecule has 0 radical (unpaired) electrons. The van der Waals surface area contributed by atoms with E-state index in [1.54, 1.807) is 6.20 Å². The van der Waals surface area contributed by atoms with Gasteiger partial charge in [-0.2, -0.15) is 21.6 Å². The normalized spacial score (nSPS) is 12.3. The van der Waals surface area contributed by atoms with Crippen molar-refractivity contribution in [1.29, 1.82) is 0 Å². The quantitative estimate of drug-likeness (QED) is 0.111. The molecular weight excluding hydrogens is 856 g/mol. The van der Waals surface area contributed by atoms with Crippen LogP contribution in [-0.4, -0.2) is 28.9 Å². The molecule has 66 heavy (non-hydrogen) atoms. The lowest BCUT2D eigenvalue weighted by molar-refractivity contribution is -0.0500. The molecule has 0 bridgehead atoms. The van der Waals surface area contributed by atoms with Gasteiger partial charge >= 0.3 is 15.6 Å². The second-order valence-electron chi connectivity index (χ2n) is 17.8. The van der Waals surface area contributed by atoms with Gasteiger partial charge in [0.15, 0.2) is 0 Å². The van der Waals surface area contributed by atoms with Crippen molar-refractivity contribution in [3.63, 3.8) is 0 Å². The SMILES string of the molecule is Cc1ccc2c(n1)oc1c(-c3ccc(-c4ccccc4-c4cc(OS(=O)(=O)C(F)(F)F)cc(-c5c(C)c(C)c(C)c(C)c5-c5ccc(-c6cc(C(C)(C)C)ccn6)cc5)c4)cn3)cccc12. The lowest BCUT2D eigenvalue weighted by Gasteiger charge is -2.23. The molecule has 0 aliphatic carbocycles. The Balaban J connectivity index is 1.18. The number of benzene rings is 5. The molecule has 4 heterocycles. The number of rotatable bonds is 8. The molecule has 0 unspecified atom stereocenters. The summed E-state index contributed by atoms with van der Waals surface area (Å²) in [5, 5.41) is 1.83. The first-order chi connectivity index (χ1) is 31.3. The highest BCUT2D eigenvalue weighted by atomic mass is 32.2. The highest BCUT2D eigenvalue weighted by Crippen LogP contribution is 2.46. The highest BCUT2D eigenvalue weighted by Gasteiger charge is 2.48. The highest BCUT2D eigenvalue weighted by molar-refractivity contribution is 7.88. The van der Waals surface area contributed by atoms with Crippen molar-refractivity contribution >= 4 is 32.2 Å². The van der Waals surface area contributed by atoms with Crippen molar-refractivity contribution in [2.75, 3.05) is 0 Å². The molecule has 0 spiro atoms. The van der Waals surface area contributed by atoms with E-state index < -0.39 is 21.4 Å². The van der Waals surface area contributed by atoms with Gasteiger partial charge in [-0.05, 0) is 161 Å². The third kappa shape index (κ3) is 8.02. The number of para-hydroxylation sites is 1. The Hall–Kier alpha value is -7.11. The molecule has 9 aromatic rings. The van der Waals surface area contributed by atoms with Gasteiger partial charge in [-0.25, -0.2) is 4.98 Å². The largest absolute Gasteiger partial charge is 0.534 e. The molecule has 0 aliphatic heterocycles. The fraction of sp³-hybridized carbons (Fsp3) is 0.182. The van der Waals surface area contributed by atoms with Gasteiger partial charge in [-0.15, -0.1) is 0 Å². The molecule has 11 heteroatoms. The average molecular weight is 902 g/mol. The van der Waals surface area contributed by atoms with Crippen LogP contribution in [0, 0.1) is 34.6 Å². The Morgan fingerprint density at radius 2 is 1.18 bits per heavy atom. The number of fused-ring (bicyclic) bond motifs is 3. The van der Waals surface area contributed by atoms with E-state index in [0.29, 0.717) is 39.2 Å². The van der Waals surface area contributed by atoms with Crippen molar-refractivity contribution < 1.29 is 30.2 Å². The zero-order chi connectivity index (χ0) is 46.9. The van der Waals surface area contributed by atoms with Crippen LogP contribution in [0.2, 0.25) is 0 Å². The zero-order valence-electron chi connectivity index (χ0n) is 37.7. The minimum Gasteiger partial charge on any atom is -0.437 e. The molecule has 0 aliphatic rings. The Kier molecular flexibility index (Phi) is 11.0. The number of aryl methyl sites for hydroxylation is 1. The first-order valence-electron chi connectivity index (χ1n) is 21.5. The molecule has 0 saturated carbocycles. The maximum atomic E-state index is 14.0. The van der Waals surface area contributed by atoms with E-state index in [4.69, 9.17) is 13.6 Å². The third-order valence-electron chi connectivity index (χ3n) is 12.6. The molecule has 0 saturated heterocycles. The Labute approximate surface area is 382 Å². The summed E-state index contributed by atoms with van der Waals surface area (Å²) in [6.45, 7) is 16.4. The predicted molar refractivity (Wildman–Crippen MR) is 258 cm³/mol. The zero-order valence-corrected chi connectivity index (χ0v) is 38.5. The molecule has 0 fully saturated rings. The number of nitrogens with zero attached hydrogens (tertiary/aromatic N) is 3. The third-order valence-corrected chi connectivity index (χ3v) is 13.5. The number of pyridine rings is 3.